The highest BCUT2D eigenvalue weighted by atomic mass is 16.6. The highest BCUT2D eigenvalue weighted by molar-refractivity contribution is 5.97. The Morgan fingerprint density at radius 1 is 1.36 bits per heavy atom. The number of hydrogen-bond acceptors (Lipinski definition) is 5. The molecule has 2 aromatic rings. The Labute approximate surface area is 127 Å². The number of aromatic nitrogens is 1. The summed E-state index contributed by atoms with van der Waals surface area (Å²) in [6.07, 6.45) is 1.86. The third-order valence-electron chi connectivity index (χ3n) is 3.57. The zero-order valence-electron chi connectivity index (χ0n) is 12.2. The Bertz CT molecular complexity index is 708. The van der Waals surface area contributed by atoms with Crippen molar-refractivity contribution < 1.29 is 18.8 Å². The number of rotatable bonds is 3. The van der Waals surface area contributed by atoms with Crippen molar-refractivity contribution in [3.05, 3.63) is 47.3 Å². The number of amides is 1. The molecule has 0 saturated carbocycles. The van der Waals surface area contributed by atoms with E-state index in [4.69, 9.17) is 9.26 Å². The van der Waals surface area contributed by atoms with E-state index < -0.39 is 5.97 Å². The van der Waals surface area contributed by atoms with E-state index in [1.54, 1.807) is 11.8 Å². The fourth-order valence-corrected chi connectivity index (χ4v) is 2.53. The van der Waals surface area contributed by atoms with Crippen LogP contribution in [0.2, 0.25) is 0 Å². The van der Waals surface area contributed by atoms with Crippen LogP contribution in [-0.2, 0) is 16.0 Å². The molecule has 0 saturated heterocycles. The van der Waals surface area contributed by atoms with E-state index in [1.807, 2.05) is 24.3 Å². The van der Waals surface area contributed by atoms with Crippen LogP contribution in [0.25, 0.3) is 0 Å². The van der Waals surface area contributed by atoms with Crippen molar-refractivity contribution in [1.29, 1.82) is 0 Å². The maximum atomic E-state index is 12.3. The molecule has 0 fully saturated rings. The Morgan fingerprint density at radius 2 is 2.18 bits per heavy atom. The Kier molecular flexibility index (Phi) is 3.91. The van der Waals surface area contributed by atoms with Crippen LogP contribution in [0.1, 0.15) is 28.2 Å². The smallest absolute Gasteiger partial charge is 0.377 e. The summed E-state index contributed by atoms with van der Waals surface area (Å²) in [6, 6.07) is 9.25. The van der Waals surface area contributed by atoms with Gasteiger partial charge in [0.05, 0.1) is 5.69 Å². The molecule has 6 heteroatoms. The molecule has 114 valence electrons. The average Bonchev–Trinajstić information content (AvgIpc) is 2.98. The molecule has 6 nitrogen and oxygen atoms in total. The van der Waals surface area contributed by atoms with Gasteiger partial charge in [0.25, 0.3) is 5.91 Å². The minimum absolute atomic E-state index is 0.00402. The number of benzene rings is 1. The van der Waals surface area contributed by atoms with E-state index in [2.05, 4.69) is 5.16 Å². The van der Waals surface area contributed by atoms with Crippen molar-refractivity contribution in [1.82, 2.24) is 5.16 Å². The quantitative estimate of drug-likeness (QED) is 0.812. The van der Waals surface area contributed by atoms with Crippen LogP contribution in [0.5, 0.6) is 0 Å². The van der Waals surface area contributed by atoms with E-state index in [1.165, 1.54) is 6.07 Å². The zero-order chi connectivity index (χ0) is 15.5. The molecular formula is C16H16N2O4. The minimum atomic E-state index is -0.681. The summed E-state index contributed by atoms with van der Waals surface area (Å²) < 4.78 is 9.82. The van der Waals surface area contributed by atoms with E-state index in [9.17, 15) is 9.59 Å². The van der Waals surface area contributed by atoms with Gasteiger partial charge in [-0.1, -0.05) is 23.4 Å². The molecule has 3 rings (SSSR count). The highest BCUT2D eigenvalue weighted by Gasteiger charge is 2.23. The summed E-state index contributed by atoms with van der Waals surface area (Å²) in [7, 11) is 0. The summed E-state index contributed by atoms with van der Waals surface area (Å²) in [5.74, 6) is -0.916. The topological polar surface area (TPSA) is 72.6 Å². The number of nitrogens with zero attached hydrogens (tertiary/aromatic N) is 2. The first-order chi connectivity index (χ1) is 10.6. The number of hydrogen-bond donors (Lipinski definition) is 0. The Hall–Kier alpha value is -2.63. The predicted molar refractivity (Wildman–Crippen MR) is 78.6 cm³/mol. The monoisotopic (exact) mass is 300 g/mol. The van der Waals surface area contributed by atoms with Crippen molar-refractivity contribution in [2.45, 2.75) is 19.8 Å². The van der Waals surface area contributed by atoms with Gasteiger partial charge in [0.1, 0.15) is 0 Å². The molecule has 22 heavy (non-hydrogen) atoms. The molecule has 1 aliphatic heterocycles. The van der Waals surface area contributed by atoms with E-state index in [0.717, 1.165) is 24.1 Å². The molecule has 0 bridgehead atoms. The molecule has 0 radical (unpaired) electrons. The van der Waals surface area contributed by atoms with Crippen LogP contribution in [0.4, 0.5) is 5.69 Å². The van der Waals surface area contributed by atoms with Gasteiger partial charge in [-0.3, -0.25) is 4.79 Å². The summed E-state index contributed by atoms with van der Waals surface area (Å²) in [4.78, 5) is 25.7. The molecule has 0 unspecified atom stereocenters. The molecule has 1 aromatic heterocycles. The van der Waals surface area contributed by atoms with Crippen LogP contribution >= 0.6 is 0 Å². The van der Waals surface area contributed by atoms with Gasteiger partial charge in [0.15, 0.2) is 6.61 Å². The van der Waals surface area contributed by atoms with Gasteiger partial charge < -0.3 is 14.2 Å². The molecule has 0 atom stereocenters. The second-order valence-electron chi connectivity index (χ2n) is 5.19. The number of carbonyl (C=O) groups is 2. The van der Waals surface area contributed by atoms with Gasteiger partial charge in [0.2, 0.25) is 5.76 Å². The first-order valence-electron chi connectivity index (χ1n) is 7.14. The molecule has 0 spiro atoms. The molecule has 1 aromatic carbocycles. The summed E-state index contributed by atoms with van der Waals surface area (Å²) in [5.41, 5.74) is 2.62. The third kappa shape index (κ3) is 2.86. The number of anilines is 1. The number of fused-ring (bicyclic) bond motifs is 1. The lowest BCUT2D eigenvalue weighted by molar-refractivity contribution is -0.121. The fraction of sp³-hybridized carbons (Fsp3) is 0.312. The van der Waals surface area contributed by atoms with Gasteiger partial charge >= 0.3 is 5.97 Å². The summed E-state index contributed by atoms with van der Waals surface area (Å²) >= 11 is 0. The SMILES string of the molecule is Cc1cc(C(=O)OCC(=O)N2CCCc3ccccc32)on1. The maximum Gasteiger partial charge on any atom is 0.377 e. The summed E-state index contributed by atoms with van der Waals surface area (Å²) in [5, 5.41) is 3.61. The zero-order valence-corrected chi connectivity index (χ0v) is 12.2. The number of aryl methyl sites for hydroxylation is 2. The van der Waals surface area contributed by atoms with Crippen LogP contribution in [0, 0.1) is 6.92 Å². The highest BCUT2D eigenvalue weighted by Crippen LogP contribution is 2.26. The largest absolute Gasteiger partial charge is 0.450 e. The lowest BCUT2D eigenvalue weighted by atomic mass is 10.0. The van der Waals surface area contributed by atoms with Gasteiger partial charge in [-0.15, -0.1) is 0 Å². The normalized spacial score (nSPS) is 13.6. The standard InChI is InChI=1S/C16H16N2O4/c1-11-9-14(22-17-11)16(20)21-10-15(19)18-8-4-6-12-5-2-3-7-13(12)18/h2-3,5,7,9H,4,6,8,10H2,1H3. The number of ether oxygens (including phenoxy) is 1. The average molecular weight is 300 g/mol. The van der Waals surface area contributed by atoms with Crippen molar-refractivity contribution in [3.63, 3.8) is 0 Å². The summed E-state index contributed by atoms with van der Waals surface area (Å²) in [6.45, 7) is 2.03. The molecule has 1 aliphatic rings. The van der Waals surface area contributed by atoms with Gasteiger partial charge in [-0.25, -0.2) is 4.79 Å². The van der Waals surface area contributed by atoms with Gasteiger partial charge in [-0.2, -0.15) is 0 Å². The van der Waals surface area contributed by atoms with E-state index >= 15 is 0 Å². The van der Waals surface area contributed by atoms with Crippen LogP contribution in [0.15, 0.2) is 34.9 Å². The maximum absolute atomic E-state index is 12.3. The van der Waals surface area contributed by atoms with Gasteiger partial charge in [0, 0.05) is 18.3 Å². The number of carbonyl (C=O) groups excluding carboxylic acids is 2. The van der Waals surface area contributed by atoms with Crippen LogP contribution < -0.4 is 4.90 Å². The molecule has 0 N–H and O–H groups in total. The fourth-order valence-electron chi connectivity index (χ4n) is 2.53. The van der Waals surface area contributed by atoms with Crippen molar-refractivity contribution in [3.8, 4) is 0 Å². The molecule has 2 heterocycles. The molecule has 0 aliphatic carbocycles. The van der Waals surface area contributed by atoms with Crippen LogP contribution in [-0.4, -0.2) is 30.2 Å². The predicted octanol–water partition coefficient (Wildman–Crippen LogP) is 2.12. The number of para-hydroxylation sites is 1. The van der Waals surface area contributed by atoms with Crippen molar-refractivity contribution in [2.24, 2.45) is 0 Å². The van der Waals surface area contributed by atoms with E-state index in [-0.39, 0.29) is 18.3 Å². The molecular weight excluding hydrogens is 284 g/mol. The van der Waals surface area contributed by atoms with E-state index in [0.29, 0.717) is 12.2 Å². The third-order valence-corrected chi connectivity index (χ3v) is 3.57. The number of esters is 1. The minimum Gasteiger partial charge on any atom is -0.450 e. The Balaban J connectivity index is 1.65. The lowest BCUT2D eigenvalue weighted by Gasteiger charge is -2.29. The second-order valence-corrected chi connectivity index (χ2v) is 5.19. The molecule has 1 amide bonds. The lowest BCUT2D eigenvalue weighted by Crippen LogP contribution is -2.38. The van der Waals surface area contributed by atoms with Gasteiger partial charge in [-0.05, 0) is 31.4 Å². The first kappa shape index (κ1) is 14.3. The Morgan fingerprint density at radius 3 is 2.95 bits per heavy atom. The van der Waals surface area contributed by atoms with Crippen LogP contribution in [0.3, 0.4) is 0 Å². The first-order valence-corrected chi connectivity index (χ1v) is 7.14. The van der Waals surface area contributed by atoms with Crippen molar-refractivity contribution in [2.75, 3.05) is 18.1 Å². The van der Waals surface area contributed by atoms with Crippen molar-refractivity contribution >= 4 is 17.6 Å². The second kappa shape index (κ2) is 6.01.